The number of ether oxygens (including phenoxy) is 1. The van der Waals surface area contributed by atoms with Crippen LogP contribution < -0.4 is 0 Å². The van der Waals surface area contributed by atoms with Crippen molar-refractivity contribution < 1.29 is 28.0 Å². The van der Waals surface area contributed by atoms with Crippen molar-refractivity contribution in [3.63, 3.8) is 0 Å². The summed E-state index contributed by atoms with van der Waals surface area (Å²) in [5.74, 6) is 0.0127. The Morgan fingerprint density at radius 3 is 2.59 bits per heavy atom. The van der Waals surface area contributed by atoms with Crippen molar-refractivity contribution in [2.45, 2.75) is 32.5 Å². The van der Waals surface area contributed by atoms with E-state index in [-0.39, 0.29) is 24.1 Å². The van der Waals surface area contributed by atoms with Gasteiger partial charge in [0.15, 0.2) is 5.76 Å². The summed E-state index contributed by atoms with van der Waals surface area (Å²) < 4.78 is 15.7. The van der Waals surface area contributed by atoms with Gasteiger partial charge in [-0.1, -0.05) is 24.3 Å². The summed E-state index contributed by atoms with van der Waals surface area (Å²) in [6.07, 6.45) is 1.84. The van der Waals surface area contributed by atoms with Crippen LogP contribution in [0.15, 0.2) is 57.6 Å². The van der Waals surface area contributed by atoms with Gasteiger partial charge in [0.25, 0.3) is 5.91 Å². The summed E-state index contributed by atoms with van der Waals surface area (Å²) in [4.78, 5) is 41.5. The van der Waals surface area contributed by atoms with Gasteiger partial charge in [0.05, 0.1) is 19.9 Å². The normalized spacial score (nSPS) is 15.2. The summed E-state index contributed by atoms with van der Waals surface area (Å²) in [7, 11) is 2.95. The molecule has 2 amide bonds. The van der Waals surface area contributed by atoms with Crippen LogP contribution in [0.1, 0.15) is 43.6 Å². The van der Waals surface area contributed by atoms with Crippen molar-refractivity contribution >= 4 is 17.8 Å². The Morgan fingerprint density at radius 1 is 1.16 bits per heavy atom. The zero-order chi connectivity index (χ0) is 22.8. The number of carbonyl (C=O) groups excluding carboxylic acids is 3. The smallest absolute Gasteiger partial charge is 0.341 e. The monoisotopic (exact) mass is 436 g/mol. The average Bonchev–Trinajstić information content (AvgIpc) is 3.46. The number of rotatable bonds is 5. The number of aryl methyl sites for hydroxylation is 1. The number of carbonyl (C=O) groups is 3. The zero-order valence-corrected chi connectivity index (χ0v) is 18.2. The van der Waals surface area contributed by atoms with Crippen LogP contribution in [0.5, 0.6) is 0 Å². The van der Waals surface area contributed by atoms with E-state index in [0.29, 0.717) is 30.0 Å². The maximum Gasteiger partial charge on any atom is 0.341 e. The second kappa shape index (κ2) is 8.74. The fraction of sp³-hybridized carbons (Fsp3) is 0.292. The first-order chi connectivity index (χ1) is 15.4. The molecular formula is C24H24N2O6. The van der Waals surface area contributed by atoms with E-state index in [9.17, 15) is 14.4 Å². The standard InChI is InChI=1S/C24H24N2O6/c1-15-19(24(29)30-3)12-18(32-15)14-25(2)22(27)20-11-16-7-4-5-8-17(16)13-26(20)23(28)21-9-6-10-31-21/h4-10,12,20H,11,13-14H2,1-3H3. The lowest BCUT2D eigenvalue weighted by atomic mass is 9.93. The van der Waals surface area contributed by atoms with Gasteiger partial charge in [0.2, 0.25) is 5.91 Å². The van der Waals surface area contributed by atoms with E-state index in [4.69, 9.17) is 13.6 Å². The minimum atomic E-state index is -0.691. The highest BCUT2D eigenvalue weighted by atomic mass is 16.5. The van der Waals surface area contributed by atoms with Crippen LogP contribution in [-0.2, 0) is 29.0 Å². The van der Waals surface area contributed by atoms with Gasteiger partial charge in [0.1, 0.15) is 23.1 Å². The summed E-state index contributed by atoms with van der Waals surface area (Å²) in [5.41, 5.74) is 2.36. The Balaban J connectivity index is 1.58. The molecule has 0 spiro atoms. The molecule has 0 aliphatic carbocycles. The van der Waals surface area contributed by atoms with Crippen molar-refractivity contribution in [2.75, 3.05) is 14.2 Å². The lowest BCUT2D eigenvalue weighted by Crippen LogP contribution is -2.52. The number of nitrogens with zero attached hydrogens (tertiary/aromatic N) is 2. The van der Waals surface area contributed by atoms with E-state index >= 15 is 0 Å². The summed E-state index contributed by atoms with van der Waals surface area (Å²) in [5, 5.41) is 0. The molecule has 1 aromatic carbocycles. The second-order valence-corrected chi connectivity index (χ2v) is 7.77. The number of likely N-dealkylation sites (N-methyl/N-ethyl adjacent to an activating group) is 1. The molecule has 3 heterocycles. The molecule has 1 aliphatic heterocycles. The molecular weight excluding hydrogens is 412 g/mol. The number of esters is 1. The molecule has 0 fully saturated rings. The SMILES string of the molecule is COC(=O)c1cc(CN(C)C(=O)C2Cc3ccccc3CN2C(=O)c2ccco2)oc1C. The molecule has 4 rings (SSSR count). The third-order valence-electron chi connectivity index (χ3n) is 5.67. The first kappa shape index (κ1) is 21.4. The number of furan rings is 2. The van der Waals surface area contributed by atoms with E-state index in [1.165, 1.54) is 18.3 Å². The highest BCUT2D eigenvalue weighted by Gasteiger charge is 2.37. The van der Waals surface area contributed by atoms with Crippen molar-refractivity contribution in [3.8, 4) is 0 Å². The first-order valence-electron chi connectivity index (χ1n) is 10.2. The summed E-state index contributed by atoms with van der Waals surface area (Å²) >= 11 is 0. The fourth-order valence-electron chi connectivity index (χ4n) is 4.00. The molecule has 0 bridgehead atoms. The van der Waals surface area contributed by atoms with Crippen LogP contribution in [0, 0.1) is 6.92 Å². The molecule has 1 aliphatic rings. The van der Waals surface area contributed by atoms with Gasteiger partial charge in [0, 0.05) is 20.0 Å². The molecule has 8 heteroatoms. The summed E-state index contributed by atoms with van der Waals surface area (Å²) in [6.45, 7) is 2.13. The minimum absolute atomic E-state index is 0.150. The van der Waals surface area contributed by atoms with Crippen LogP contribution in [0.3, 0.4) is 0 Å². The van der Waals surface area contributed by atoms with Crippen LogP contribution >= 0.6 is 0 Å². The Morgan fingerprint density at radius 2 is 1.91 bits per heavy atom. The molecule has 0 saturated carbocycles. The van der Waals surface area contributed by atoms with Crippen LogP contribution in [-0.4, -0.2) is 47.8 Å². The predicted molar refractivity (Wildman–Crippen MR) is 114 cm³/mol. The first-order valence-corrected chi connectivity index (χ1v) is 10.2. The van der Waals surface area contributed by atoms with Crippen molar-refractivity contribution in [3.05, 3.63) is 82.7 Å². The van der Waals surface area contributed by atoms with E-state index in [2.05, 4.69) is 0 Å². The number of hydrogen-bond acceptors (Lipinski definition) is 6. The van der Waals surface area contributed by atoms with Crippen molar-refractivity contribution in [2.24, 2.45) is 0 Å². The number of benzene rings is 1. The highest BCUT2D eigenvalue weighted by Crippen LogP contribution is 2.27. The predicted octanol–water partition coefficient (Wildman–Crippen LogP) is 3.19. The van der Waals surface area contributed by atoms with Crippen molar-refractivity contribution in [1.29, 1.82) is 0 Å². The molecule has 166 valence electrons. The second-order valence-electron chi connectivity index (χ2n) is 7.77. The molecule has 1 unspecified atom stereocenters. The average molecular weight is 436 g/mol. The van der Waals surface area contributed by atoms with Gasteiger partial charge in [-0.15, -0.1) is 0 Å². The third kappa shape index (κ3) is 4.03. The molecule has 32 heavy (non-hydrogen) atoms. The lowest BCUT2D eigenvalue weighted by molar-refractivity contribution is -0.136. The lowest BCUT2D eigenvalue weighted by Gasteiger charge is -2.37. The highest BCUT2D eigenvalue weighted by molar-refractivity contribution is 5.96. The minimum Gasteiger partial charge on any atom is -0.465 e. The zero-order valence-electron chi connectivity index (χ0n) is 18.2. The number of methoxy groups -OCH3 is 1. The summed E-state index contributed by atoms with van der Waals surface area (Å²) in [6, 6.07) is 11.9. The molecule has 0 N–H and O–H groups in total. The molecule has 1 atom stereocenters. The third-order valence-corrected chi connectivity index (χ3v) is 5.67. The number of hydrogen-bond donors (Lipinski definition) is 0. The van der Waals surface area contributed by atoms with Gasteiger partial charge in [-0.05, 0) is 36.2 Å². The van der Waals surface area contributed by atoms with Gasteiger partial charge < -0.3 is 23.4 Å². The molecule has 8 nitrogen and oxygen atoms in total. The van der Waals surface area contributed by atoms with Crippen LogP contribution in [0.2, 0.25) is 0 Å². The van der Waals surface area contributed by atoms with E-state index in [1.54, 1.807) is 37.1 Å². The molecule has 0 radical (unpaired) electrons. The molecule has 0 saturated heterocycles. The van der Waals surface area contributed by atoms with E-state index in [0.717, 1.165) is 11.1 Å². The topological polar surface area (TPSA) is 93.2 Å². The van der Waals surface area contributed by atoms with Crippen molar-refractivity contribution in [1.82, 2.24) is 9.80 Å². The fourth-order valence-corrected chi connectivity index (χ4v) is 4.00. The maximum atomic E-state index is 13.4. The largest absolute Gasteiger partial charge is 0.465 e. The Kier molecular flexibility index (Phi) is 5.85. The van der Waals surface area contributed by atoms with E-state index < -0.39 is 12.0 Å². The quantitative estimate of drug-likeness (QED) is 0.571. The van der Waals surface area contributed by atoms with Gasteiger partial charge in [-0.25, -0.2) is 4.79 Å². The van der Waals surface area contributed by atoms with Crippen LogP contribution in [0.4, 0.5) is 0 Å². The molecule has 3 aromatic rings. The van der Waals surface area contributed by atoms with Gasteiger partial charge in [-0.2, -0.15) is 0 Å². The van der Waals surface area contributed by atoms with Crippen LogP contribution in [0.25, 0.3) is 0 Å². The Bertz CT molecular complexity index is 1150. The Labute approximate surface area is 185 Å². The maximum absolute atomic E-state index is 13.4. The number of amides is 2. The molecule has 2 aromatic heterocycles. The van der Waals surface area contributed by atoms with Gasteiger partial charge >= 0.3 is 5.97 Å². The van der Waals surface area contributed by atoms with Gasteiger partial charge in [-0.3, -0.25) is 9.59 Å². The van der Waals surface area contributed by atoms with E-state index in [1.807, 2.05) is 24.3 Å². The number of fused-ring (bicyclic) bond motifs is 1. The Hall–Kier alpha value is -3.81.